The average Bonchev–Trinajstić information content (AvgIpc) is 2.81. The molecule has 0 saturated carbocycles. The van der Waals surface area contributed by atoms with Crippen LogP contribution in [0.25, 0.3) is 11.1 Å². The van der Waals surface area contributed by atoms with Crippen LogP contribution in [-0.2, 0) is 22.4 Å². The van der Waals surface area contributed by atoms with Crippen molar-refractivity contribution in [3.05, 3.63) is 90.3 Å². The van der Waals surface area contributed by atoms with Crippen LogP contribution in [0.4, 0.5) is 0 Å². The summed E-state index contributed by atoms with van der Waals surface area (Å²) in [5.74, 6) is -0.191. The van der Waals surface area contributed by atoms with Gasteiger partial charge in [-0.1, -0.05) is 60.7 Å². The molecule has 158 valence electrons. The number of nitrogens with zero attached hydrogens (tertiary/aromatic N) is 2. The molecule has 0 aliphatic carbocycles. The largest absolute Gasteiger partial charge is 0.369 e. The van der Waals surface area contributed by atoms with Gasteiger partial charge in [-0.15, -0.1) is 0 Å². The van der Waals surface area contributed by atoms with Gasteiger partial charge in [-0.05, 0) is 42.0 Å². The topological polar surface area (TPSA) is 76.3 Å². The van der Waals surface area contributed by atoms with Crippen LogP contribution in [0, 0.1) is 5.41 Å². The van der Waals surface area contributed by atoms with Crippen molar-refractivity contribution in [3.8, 4) is 11.1 Å². The van der Waals surface area contributed by atoms with E-state index in [0.29, 0.717) is 38.8 Å². The number of benzene rings is 2. The molecule has 2 heterocycles. The maximum Gasteiger partial charge on any atom is 0.226 e. The molecule has 1 aromatic heterocycles. The number of aromatic nitrogens is 1. The van der Waals surface area contributed by atoms with E-state index in [-0.39, 0.29) is 11.8 Å². The average molecular weight is 414 g/mol. The number of carbonyl (C=O) groups excluding carboxylic acids is 2. The monoisotopic (exact) mass is 413 g/mol. The lowest BCUT2D eigenvalue weighted by molar-refractivity contribution is -0.138. The molecule has 2 amide bonds. The highest BCUT2D eigenvalue weighted by atomic mass is 16.2. The minimum Gasteiger partial charge on any atom is -0.369 e. The lowest BCUT2D eigenvalue weighted by Crippen LogP contribution is -2.50. The number of rotatable bonds is 6. The summed E-state index contributed by atoms with van der Waals surface area (Å²) in [6.45, 7) is 1.09. The number of primary amides is 1. The van der Waals surface area contributed by atoms with Gasteiger partial charge in [0.25, 0.3) is 0 Å². The molecular weight excluding hydrogens is 386 g/mol. The summed E-state index contributed by atoms with van der Waals surface area (Å²) in [6.07, 6.45) is 5.68. The van der Waals surface area contributed by atoms with Gasteiger partial charge in [-0.3, -0.25) is 14.6 Å². The Labute approximate surface area is 182 Å². The van der Waals surface area contributed by atoms with Gasteiger partial charge in [0, 0.05) is 31.0 Å². The Morgan fingerprint density at radius 2 is 1.65 bits per heavy atom. The van der Waals surface area contributed by atoms with E-state index in [4.69, 9.17) is 5.73 Å². The first-order chi connectivity index (χ1) is 15.1. The van der Waals surface area contributed by atoms with Gasteiger partial charge in [0.05, 0.1) is 11.8 Å². The van der Waals surface area contributed by atoms with Gasteiger partial charge in [-0.2, -0.15) is 0 Å². The minimum atomic E-state index is -0.651. The van der Waals surface area contributed by atoms with E-state index >= 15 is 0 Å². The molecule has 0 unspecified atom stereocenters. The second-order valence-electron chi connectivity index (χ2n) is 8.26. The Balaban J connectivity index is 1.50. The van der Waals surface area contributed by atoms with Gasteiger partial charge >= 0.3 is 0 Å². The number of piperidine rings is 1. The highest BCUT2D eigenvalue weighted by Gasteiger charge is 2.41. The van der Waals surface area contributed by atoms with Gasteiger partial charge in [-0.25, -0.2) is 0 Å². The molecule has 5 nitrogen and oxygen atoms in total. The van der Waals surface area contributed by atoms with Crippen LogP contribution in [0.2, 0.25) is 0 Å². The second kappa shape index (κ2) is 9.13. The zero-order valence-corrected chi connectivity index (χ0v) is 17.5. The molecule has 3 aromatic rings. The summed E-state index contributed by atoms with van der Waals surface area (Å²) in [5.41, 5.74) is 9.45. The fourth-order valence-electron chi connectivity index (χ4n) is 4.42. The first-order valence-electron chi connectivity index (χ1n) is 10.7. The van der Waals surface area contributed by atoms with Crippen LogP contribution in [0.5, 0.6) is 0 Å². The van der Waals surface area contributed by atoms with E-state index in [9.17, 15) is 9.59 Å². The molecule has 31 heavy (non-hydrogen) atoms. The number of likely N-dealkylation sites (tertiary alicyclic amines) is 1. The fraction of sp³-hybridized carbons (Fsp3) is 0.269. The third kappa shape index (κ3) is 4.66. The zero-order chi connectivity index (χ0) is 21.7. The van der Waals surface area contributed by atoms with Crippen molar-refractivity contribution in [2.75, 3.05) is 13.1 Å². The highest BCUT2D eigenvalue weighted by Crippen LogP contribution is 2.37. The Morgan fingerprint density at radius 3 is 2.32 bits per heavy atom. The molecule has 0 bridgehead atoms. The van der Waals surface area contributed by atoms with E-state index in [1.807, 2.05) is 65.7 Å². The van der Waals surface area contributed by atoms with Gasteiger partial charge in [0.2, 0.25) is 11.8 Å². The van der Waals surface area contributed by atoms with E-state index in [0.717, 1.165) is 22.3 Å². The molecule has 1 fully saturated rings. The standard InChI is InChI=1S/C26H27N3O2/c27-25(31)26(18-21-9-4-5-11-23(21)22-10-6-14-28-19-22)12-15-29(16-13-26)24(30)17-20-7-2-1-3-8-20/h1-11,14,19H,12-13,15-18H2,(H2,27,31). The van der Waals surface area contributed by atoms with Crippen molar-refractivity contribution in [1.82, 2.24) is 9.88 Å². The normalized spacial score (nSPS) is 15.4. The molecule has 2 N–H and O–H groups in total. The lowest BCUT2D eigenvalue weighted by atomic mass is 9.72. The summed E-state index contributed by atoms with van der Waals surface area (Å²) < 4.78 is 0. The van der Waals surface area contributed by atoms with Crippen molar-refractivity contribution in [2.45, 2.75) is 25.7 Å². The molecule has 2 aromatic carbocycles. The van der Waals surface area contributed by atoms with Crippen molar-refractivity contribution >= 4 is 11.8 Å². The van der Waals surface area contributed by atoms with E-state index < -0.39 is 5.41 Å². The van der Waals surface area contributed by atoms with Crippen LogP contribution in [0.3, 0.4) is 0 Å². The van der Waals surface area contributed by atoms with E-state index in [1.54, 1.807) is 6.20 Å². The Kier molecular flexibility index (Phi) is 6.12. The lowest BCUT2D eigenvalue weighted by Gasteiger charge is -2.40. The van der Waals surface area contributed by atoms with E-state index in [2.05, 4.69) is 17.1 Å². The molecule has 1 aliphatic heterocycles. The number of pyridine rings is 1. The fourth-order valence-corrected chi connectivity index (χ4v) is 4.42. The third-order valence-corrected chi connectivity index (χ3v) is 6.31. The van der Waals surface area contributed by atoms with Crippen LogP contribution in [0.15, 0.2) is 79.1 Å². The number of hydrogen-bond donors (Lipinski definition) is 1. The summed E-state index contributed by atoms with van der Waals surface area (Å²) >= 11 is 0. The highest BCUT2D eigenvalue weighted by molar-refractivity contribution is 5.83. The van der Waals surface area contributed by atoms with Crippen LogP contribution in [0.1, 0.15) is 24.0 Å². The first kappa shape index (κ1) is 20.8. The minimum absolute atomic E-state index is 0.0973. The third-order valence-electron chi connectivity index (χ3n) is 6.31. The van der Waals surface area contributed by atoms with Crippen molar-refractivity contribution in [2.24, 2.45) is 11.1 Å². The molecule has 1 aliphatic rings. The maximum absolute atomic E-state index is 12.7. The molecule has 1 saturated heterocycles. The number of carbonyl (C=O) groups is 2. The molecule has 0 radical (unpaired) electrons. The molecule has 0 spiro atoms. The van der Waals surface area contributed by atoms with Gasteiger partial charge < -0.3 is 10.6 Å². The van der Waals surface area contributed by atoms with Gasteiger partial charge in [0.1, 0.15) is 0 Å². The SMILES string of the molecule is NC(=O)C1(Cc2ccccc2-c2cccnc2)CCN(C(=O)Cc2ccccc2)CC1. The molecule has 0 atom stereocenters. The zero-order valence-electron chi connectivity index (χ0n) is 17.5. The van der Waals surface area contributed by atoms with Gasteiger partial charge in [0.15, 0.2) is 0 Å². The Hall–Kier alpha value is -3.47. The number of amides is 2. The summed E-state index contributed by atoms with van der Waals surface area (Å²) in [7, 11) is 0. The molecule has 5 heteroatoms. The summed E-state index contributed by atoms with van der Waals surface area (Å²) in [6, 6.07) is 21.8. The van der Waals surface area contributed by atoms with E-state index in [1.165, 1.54) is 0 Å². The second-order valence-corrected chi connectivity index (χ2v) is 8.26. The first-order valence-corrected chi connectivity index (χ1v) is 10.7. The van der Waals surface area contributed by atoms with Crippen LogP contribution in [-0.4, -0.2) is 34.8 Å². The van der Waals surface area contributed by atoms with Crippen molar-refractivity contribution in [3.63, 3.8) is 0 Å². The predicted molar refractivity (Wildman–Crippen MR) is 121 cm³/mol. The summed E-state index contributed by atoms with van der Waals surface area (Å²) in [5, 5.41) is 0. The summed E-state index contributed by atoms with van der Waals surface area (Å²) in [4.78, 5) is 31.4. The van der Waals surface area contributed by atoms with Crippen LogP contribution >= 0.6 is 0 Å². The molecule has 4 rings (SSSR count). The van der Waals surface area contributed by atoms with Crippen molar-refractivity contribution in [1.29, 1.82) is 0 Å². The Bertz CT molecular complexity index is 1040. The van der Waals surface area contributed by atoms with Crippen LogP contribution < -0.4 is 5.73 Å². The maximum atomic E-state index is 12.7. The number of nitrogens with two attached hydrogens (primary N) is 1. The Morgan fingerprint density at radius 1 is 0.935 bits per heavy atom. The molecular formula is C26H27N3O2. The number of hydrogen-bond acceptors (Lipinski definition) is 3. The smallest absolute Gasteiger partial charge is 0.226 e. The quantitative estimate of drug-likeness (QED) is 0.670. The predicted octanol–water partition coefficient (Wildman–Crippen LogP) is 3.63. The van der Waals surface area contributed by atoms with Crippen molar-refractivity contribution < 1.29 is 9.59 Å².